The number of pyridine rings is 1. The third-order valence-electron chi connectivity index (χ3n) is 5.89. The minimum atomic E-state index is -0.0178. The van der Waals surface area contributed by atoms with Gasteiger partial charge in [0.1, 0.15) is 0 Å². The predicted molar refractivity (Wildman–Crippen MR) is 128 cm³/mol. The summed E-state index contributed by atoms with van der Waals surface area (Å²) in [5, 5.41) is 14.5. The largest absolute Gasteiger partial charge is 0.337 e. The summed E-state index contributed by atoms with van der Waals surface area (Å²) in [6.07, 6.45) is 1.96. The summed E-state index contributed by atoms with van der Waals surface area (Å²) in [6, 6.07) is 10.1. The van der Waals surface area contributed by atoms with E-state index in [0.717, 1.165) is 63.8 Å². The maximum absolute atomic E-state index is 13.3. The van der Waals surface area contributed by atoms with Crippen molar-refractivity contribution in [1.82, 2.24) is 25.1 Å². The fourth-order valence-electron chi connectivity index (χ4n) is 4.35. The number of rotatable bonds is 4. The van der Waals surface area contributed by atoms with Gasteiger partial charge in [0.25, 0.3) is 5.91 Å². The Hall–Kier alpha value is -3.26. The van der Waals surface area contributed by atoms with Crippen LogP contribution in [0, 0.1) is 20.8 Å². The van der Waals surface area contributed by atoms with Crippen LogP contribution in [-0.2, 0) is 0 Å². The predicted octanol–water partition coefficient (Wildman–Crippen LogP) is 5.10. The van der Waals surface area contributed by atoms with E-state index in [4.69, 9.17) is 4.98 Å². The van der Waals surface area contributed by atoms with Crippen LogP contribution in [0.3, 0.4) is 0 Å². The number of nitrogens with zero attached hydrogens (tertiary/aromatic N) is 4. The van der Waals surface area contributed by atoms with Gasteiger partial charge in [0, 0.05) is 46.8 Å². The van der Waals surface area contributed by atoms with E-state index in [1.807, 2.05) is 55.3 Å². The molecule has 1 aromatic carbocycles. The number of thiazole rings is 1. The van der Waals surface area contributed by atoms with Crippen LogP contribution in [0.25, 0.3) is 10.9 Å². The van der Waals surface area contributed by atoms with Gasteiger partial charge in [-0.25, -0.2) is 4.98 Å². The molecule has 3 aromatic heterocycles. The van der Waals surface area contributed by atoms with Crippen LogP contribution in [0.1, 0.15) is 51.9 Å². The summed E-state index contributed by atoms with van der Waals surface area (Å²) in [5.74, 6) is 0.175. The Balaban J connectivity index is 1.37. The lowest BCUT2D eigenvalue weighted by Gasteiger charge is -2.32. The molecular formula is C24H26N6OS. The summed E-state index contributed by atoms with van der Waals surface area (Å²) in [4.78, 5) is 24.6. The van der Waals surface area contributed by atoms with Crippen molar-refractivity contribution in [1.29, 1.82) is 0 Å². The first-order chi connectivity index (χ1) is 15.5. The zero-order valence-electron chi connectivity index (χ0n) is 18.5. The van der Waals surface area contributed by atoms with Crippen molar-refractivity contribution in [2.24, 2.45) is 0 Å². The molecule has 1 aliphatic heterocycles. The molecule has 1 atom stereocenters. The van der Waals surface area contributed by atoms with Crippen molar-refractivity contribution in [3.05, 3.63) is 64.1 Å². The molecule has 8 heteroatoms. The Morgan fingerprint density at radius 1 is 1.16 bits per heavy atom. The Morgan fingerprint density at radius 2 is 2.03 bits per heavy atom. The van der Waals surface area contributed by atoms with E-state index in [0.29, 0.717) is 12.2 Å². The molecule has 0 unspecified atom stereocenters. The highest BCUT2D eigenvalue weighted by atomic mass is 32.1. The van der Waals surface area contributed by atoms with Gasteiger partial charge in [-0.05, 0) is 57.9 Å². The van der Waals surface area contributed by atoms with E-state index in [2.05, 4.69) is 26.6 Å². The number of amides is 1. The molecule has 0 aliphatic carbocycles. The molecule has 32 heavy (non-hydrogen) atoms. The second-order valence-corrected chi connectivity index (χ2v) is 9.41. The van der Waals surface area contributed by atoms with Crippen molar-refractivity contribution >= 4 is 39.0 Å². The first-order valence-electron chi connectivity index (χ1n) is 10.9. The van der Waals surface area contributed by atoms with Crippen LogP contribution >= 0.6 is 11.3 Å². The van der Waals surface area contributed by atoms with Gasteiger partial charge in [-0.3, -0.25) is 14.9 Å². The van der Waals surface area contributed by atoms with Gasteiger partial charge in [-0.2, -0.15) is 5.10 Å². The maximum Gasteiger partial charge on any atom is 0.275 e. The van der Waals surface area contributed by atoms with Crippen molar-refractivity contribution in [2.45, 2.75) is 39.5 Å². The minimum Gasteiger partial charge on any atom is -0.337 e. The van der Waals surface area contributed by atoms with Crippen LogP contribution in [0.2, 0.25) is 0 Å². The van der Waals surface area contributed by atoms with Crippen molar-refractivity contribution in [3.63, 3.8) is 0 Å². The molecule has 4 heterocycles. The van der Waals surface area contributed by atoms with E-state index in [9.17, 15) is 4.79 Å². The number of likely N-dealkylation sites (tertiary alicyclic amines) is 1. The molecule has 4 aromatic rings. The van der Waals surface area contributed by atoms with Gasteiger partial charge in [0.05, 0.1) is 11.2 Å². The molecule has 1 fully saturated rings. The lowest BCUT2D eigenvalue weighted by atomic mass is 9.93. The van der Waals surface area contributed by atoms with Crippen molar-refractivity contribution in [2.75, 3.05) is 18.4 Å². The molecule has 7 nitrogen and oxygen atoms in total. The first-order valence-corrected chi connectivity index (χ1v) is 11.8. The number of aromatic nitrogens is 4. The van der Waals surface area contributed by atoms with Gasteiger partial charge < -0.3 is 10.2 Å². The molecule has 1 aliphatic rings. The molecular weight excluding hydrogens is 420 g/mol. The molecule has 0 saturated carbocycles. The number of piperidine rings is 1. The highest BCUT2D eigenvalue weighted by Crippen LogP contribution is 2.30. The van der Waals surface area contributed by atoms with Crippen LogP contribution in [0.5, 0.6) is 0 Å². The topological polar surface area (TPSA) is 86.8 Å². The first kappa shape index (κ1) is 20.6. The fraction of sp³-hybridized carbons (Fsp3) is 0.333. The van der Waals surface area contributed by atoms with Crippen LogP contribution < -0.4 is 5.32 Å². The number of fused-ring (bicyclic) bond motifs is 1. The number of H-pyrrole nitrogens is 1. The summed E-state index contributed by atoms with van der Waals surface area (Å²) >= 11 is 1.59. The van der Waals surface area contributed by atoms with Crippen LogP contribution in [0.15, 0.2) is 35.7 Å². The SMILES string of the molecule is Cc1ccc2[nH]nc(C(=O)N3CCC[C@H](c4cc(Nc5nc(C)cs5)cc(C)n4)C3)c2c1. The van der Waals surface area contributed by atoms with E-state index in [1.165, 1.54) is 0 Å². The smallest absolute Gasteiger partial charge is 0.275 e. The van der Waals surface area contributed by atoms with E-state index >= 15 is 0 Å². The normalized spacial score (nSPS) is 16.5. The molecule has 1 saturated heterocycles. The second-order valence-electron chi connectivity index (χ2n) is 8.55. The quantitative estimate of drug-likeness (QED) is 0.455. The molecule has 0 spiro atoms. The van der Waals surface area contributed by atoms with Gasteiger partial charge in [-0.15, -0.1) is 11.3 Å². The van der Waals surface area contributed by atoms with E-state index in [1.54, 1.807) is 11.3 Å². The zero-order chi connectivity index (χ0) is 22.2. The number of nitrogens with one attached hydrogen (secondary N) is 2. The number of aryl methyl sites for hydroxylation is 3. The van der Waals surface area contributed by atoms with Crippen molar-refractivity contribution in [3.8, 4) is 0 Å². The molecule has 1 amide bonds. The number of hydrogen-bond donors (Lipinski definition) is 2. The molecule has 2 N–H and O–H groups in total. The molecule has 0 radical (unpaired) electrons. The lowest BCUT2D eigenvalue weighted by Crippen LogP contribution is -2.39. The number of carbonyl (C=O) groups is 1. The standard InChI is InChI=1S/C24H26N6OS/c1-14-6-7-20-19(9-14)22(29-28-20)23(31)30-8-4-5-17(12-30)21-11-18(10-15(2)25-21)27-24-26-16(3)13-32-24/h6-7,9-11,13,17H,4-5,8,12H2,1-3H3,(H,28,29)(H,25,26,27)/t17-/m0/s1. The highest BCUT2D eigenvalue weighted by molar-refractivity contribution is 7.13. The fourth-order valence-corrected chi connectivity index (χ4v) is 5.06. The lowest BCUT2D eigenvalue weighted by molar-refractivity contribution is 0.0702. The molecule has 5 rings (SSSR count). The average molecular weight is 447 g/mol. The monoisotopic (exact) mass is 446 g/mol. The van der Waals surface area contributed by atoms with Crippen molar-refractivity contribution < 1.29 is 4.79 Å². The number of aromatic amines is 1. The Bertz CT molecular complexity index is 1290. The van der Waals surface area contributed by atoms with Gasteiger partial charge in [0.2, 0.25) is 0 Å². The van der Waals surface area contributed by atoms with Gasteiger partial charge >= 0.3 is 0 Å². The van der Waals surface area contributed by atoms with Crippen LogP contribution in [0.4, 0.5) is 10.8 Å². The van der Waals surface area contributed by atoms with E-state index < -0.39 is 0 Å². The van der Waals surface area contributed by atoms with Gasteiger partial charge in [-0.1, -0.05) is 11.6 Å². The Labute approximate surface area is 190 Å². The second kappa shape index (κ2) is 8.35. The third kappa shape index (κ3) is 4.10. The van der Waals surface area contributed by atoms with E-state index in [-0.39, 0.29) is 11.8 Å². The average Bonchev–Trinajstić information content (AvgIpc) is 3.38. The highest BCUT2D eigenvalue weighted by Gasteiger charge is 2.29. The van der Waals surface area contributed by atoms with Gasteiger partial charge in [0.15, 0.2) is 10.8 Å². The minimum absolute atomic E-state index is 0.0178. The Morgan fingerprint density at radius 3 is 2.84 bits per heavy atom. The third-order valence-corrected chi connectivity index (χ3v) is 6.77. The zero-order valence-corrected chi connectivity index (χ0v) is 19.3. The number of benzene rings is 1. The van der Waals surface area contributed by atoms with Crippen LogP contribution in [-0.4, -0.2) is 44.1 Å². The summed E-state index contributed by atoms with van der Waals surface area (Å²) in [6.45, 7) is 7.41. The maximum atomic E-state index is 13.3. The summed E-state index contributed by atoms with van der Waals surface area (Å²) in [5.41, 5.74) is 6.47. The summed E-state index contributed by atoms with van der Waals surface area (Å²) in [7, 11) is 0. The number of carbonyl (C=O) groups excluding carboxylic acids is 1. The molecule has 164 valence electrons. The number of hydrogen-bond acceptors (Lipinski definition) is 6. The Kier molecular flexibility index (Phi) is 5.38. The molecule has 0 bridgehead atoms. The summed E-state index contributed by atoms with van der Waals surface area (Å²) < 4.78 is 0. The number of anilines is 2.